The highest BCUT2D eigenvalue weighted by Gasteiger charge is 2.27. The van der Waals surface area contributed by atoms with Crippen molar-refractivity contribution >= 4 is 9.84 Å². The number of aliphatic hydroxyl groups is 1. The van der Waals surface area contributed by atoms with E-state index in [4.69, 9.17) is 4.74 Å². The monoisotopic (exact) mass is 415 g/mol. The topological polar surface area (TPSA) is 94.3 Å². The van der Waals surface area contributed by atoms with Gasteiger partial charge in [0.1, 0.15) is 11.4 Å². The van der Waals surface area contributed by atoms with Crippen LogP contribution in [0.2, 0.25) is 0 Å². The molecule has 0 unspecified atom stereocenters. The Morgan fingerprint density at radius 2 is 1.76 bits per heavy atom. The van der Waals surface area contributed by atoms with E-state index < -0.39 is 9.84 Å². The van der Waals surface area contributed by atoms with E-state index in [-0.39, 0.29) is 21.9 Å². The first-order chi connectivity index (χ1) is 13.6. The minimum Gasteiger partial charge on any atom is -0.494 e. The molecule has 154 valence electrons. The van der Waals surface area contributed by atoms with Gasteiger partial charge in [0.05, 0.1) is 24.3 Å². The van der Waals surface area contributed by atoms with Crippen LogP contribution in [0.3, 0.4) is 0 Å². The second-order valence-corrected chi connectivity index (χ2v) is 9.70. The zero-order valence-corrected chi connectivity index (χ0v) is 18.0. The van der Waals surface area contributed by atoms with Crippen LogP contribution in [-0.2, 0) is 21.9 Å². The molecule has 0 amide bonds. The fourth-order valence-corrected chi connectivity index (χ4v) is 4.37. The van der Waals surface area contributed by atoms with Crippen LogP contribution < -0.4 is 4.74 Å². The summed E-state index contributed by atoms with van der Waals surface area (Å²) in [5, 5.41) is 17.3. The van der Waals surface area contributed by atoms with Crippen molar-refractivity contribution in [2.24, 2.45) is 0 Å². The molecule has 0 atom stereocenters. The fourth-order valence-electron chi connectivity index (χ4n) is 3.04. The minimum atomic E-state index is -3.84. The Bertz CT molecular complexity index is 1130. The van der Waals surface area contributed by atoms with Gasteiger partial charge in [0.2, 0.25) is 14.9 Å². The van der Waals surface area contributed by atoms with Gasteiger partial charge in [-0.15, -0.1) is 5.10 Å². The van der Waals surface area contributed by atoms with Crippen LogP contribution in [0.4, 0.5) is 0 Å². The van der Waals surface area contributed by atoms with E-state index in [1.807, 2.05) is 12.1 Å². The van der Waals surface area contributed by atoms with Gasteiger partial charge in [-0.05, 0) is 47.7 Å². The summed E-state index contributed by atoms with van der Waals surface area (Å²) in [6, 6.07) is 11.9. The van der Waals surface area contributed by atoms with E-state index in [0.29, 0.717) is 22.7 Å². The molecule has 7 nitrogen and oxygen atoms in total. The summed E-state index contributed by atoms with van der Waals surface area (Å²) in [5.74, 6) is 0.494. The van der Waals surface area contributed by atoms with Crippen LogP contribution in [0.1, 0.15) is 37.6 Å². The smallest absolute Gasteiger partial charge is 0.227 e. The highest BCUT2D eigenvalue weighted by Crippen LogP contribution is 2.29. The Kier molecular flexibility index (Phi) is 5.51. The third-order valence-electron chi connectivity index (χ3n) is 4.79. The molecule has 0 saturated heterocycles. The standard InChI is InChI=1S/C21H25N3O4S/c1-14-20(29(26,27)17-9-7-16(8-10-17)21(2,3)4)22-23-24(14)18-12-15(13-25)6-11-19(18)28-5/h6-12,25H,13H2,1-5H3. The maximum atomic E-state index is 13.2. The molecule has 0 spiro atoms. The lowest BCUT2D eigenvalue weighted by molar-refractivity contribution is 0.281. The second-order valence-electron chi connectivity index (χ2n) is 7.83. The van der Waals surface area contributed by atoms with Crippen LogP contribution in [-0.4, -0.2) is 35.6 Å². The summed E-state index contributed by atoms with van der Waals surface area (Å²) >= 11 is 0. The van der Waals surface area contributed by atoms with Gasteiger partial charge in [0, 0.05) is 0 Å². The predicted molar refractivity (Wildman–Crippen MR) is 109 cm³/mol. The van der Waals surface area contributed by atoms with E-state index in [2.05, 4.69) is 31.1 Å². The lowest BCUT2D eigenvalue weighted by Crippen LogP contribution is -2.12. The Balaban J connectivity index is 2.07. The van der Waals surface area contributed by atoms with Gasteiger partial charge in [-0.25, -0.2) is 13.1 Å². The second kappa shape index (κ2) is 7.61. The number of hydrogen-bond acceptors (Lipinski definition) is 6. The zero-order valence-electron chi connectivity index (χ0n) is 17.2. The van der Waals surface area contributed by atoms with Crippen molar-refractivity contribution in [3.63, 3.8) is 0 Å². The van der Waals surface area contributed by atoms with Crippen LogP contribution in [0.25, 0.3) is 5.69 Å². The summed E-state index contributed by atoms with van der Waals surface area (Å²) in [4.78, 5) is 0.164. The summed E-state index contributed by atoms with van der Waals surface area (Å²) in [5.41, 5.74) is 2.49. The van der Waals surface area contributed by atoms with Crippen LogP contribution in [0.15, 0.2) is 52.4 Å². The van der Waals surface area contributed by atoms with E-state index in [0.717, 1.165) is 5.56 Å². The molecule has 0 saturated carbocycles. The summed E-state index contributed by atoms with van der Waals surface area (Å²) in [7, 11) is -2.33. The van der Waals surface area contributed by atoms with Gasteiger partial charge in [0.15, 0.2) is 0 Å². The van der Waals surface area contributed by atoms with E-state index in [9.17, 15) is 13.5 Å². The van der Waals surface area contributed by atoms with Crippen LogP contribution >= 0.6 is 0 Å². The summed E-state index contributed by atoms with van der Waals surface area (Å²) in [6.45, 7) is 7.69. The van der Waals surface area contributed by atoms with Crippen molar-refractivity contribution in [2.45, 2.75) is 49.6 Å². The first-order valence-electron chi connectivity index (χ1n) is 9.15. The molecule has 1 aromatic heterocycles. The molecule has 0 fully saturated rings. The van der Waals surface area contributed by atoms with Gasteiger partial charge in [-0.1, -0.05) is 44.2 Å². The number of benzene rings is 2. The highest BCUT2D eigenvalue weighted by molar-refractivity contribution is 7.91. The molecular formula is C21H25N3O4S. The minimum absolute atomic E-state index is 0.0738. The largest absolute Gasteiger partial charge is 0.494 e. The molecule has 0 bridgehead atoms. The Morgan fingerprint density at radius 1 is 1.10 bits per heavy atom. The average molecular weight is 416 g/mol. The Labute approximate surface area is 170 Å². The molecular weight excluding hydrogens is 390 g/mol. The molecule has 1 heterocycles. The molecule has 0 aliphatic carbocycles. The van der Waals surface area contributed by atoms with Crippen molar-refractivity contribution in [3.8, 4) is 11.4 Å². The number of ether oxygens (including phenoxy) is 1. The lowest BCUT2D eigenvalue weighted by atomic mass is 9.87. The van der Waals surface area contributed by atoms with Crippen molar-refractivity contribution in [2.75, 3.05) is 7.11 Å². The van der Waals surface area contributed by atoms with Gasteiger partial charge in [-0.2, -0.15) is 0 Å². The molecule has 3 aromatic rings. The molecule has 0 radical (unpaired) electrons. The summed E-state index contributed by atoms with van der Waals surface area (Å²) < 4.78 is 33.1. The summed E-state index contributed by atoms with van der Waals surface area (Å²) in [6.07, 6.45) is 0. The fraction of sp³-hybridized carbons (Fsp3) is 0.333. The number of rotatable bonds is 5. The lowest BCUT2D eigenvalue weighted by Gasteiger charge is -2.19. The Hall–Kier alpha value is -2.71. The third-order valence-corrected chi connectivity index (χ3v) is 6.57. The zero-order chi connectivity index (χ0) is 21.4. The van der Waals surface area contributed by atoms with Crippen molar-refractivity contribution < 1.29 is 18.3 Å². The number of aliphatic hydroxyl groups excluding tert-OH is 1. The van der Waals surface area contributed by atoms with Crippen molar-refractivity contribution in [3.05, 3.63) is 59.3 Å². The molecule has 0 aliphatic rings. The van der Waals surface area contributed by atoms with Gasteiger partial charge in [-0.3, -0.25) is 0 Å². The maximum absolute atomic E-state index is 13.2. The third kappa shape index (κ3) is 3.90. The maximum Gasteiger partial charge on any atom is 0.227 e. The predicted octanol–water partition coefficient (Wildman–Crippen LogP) is 3.21. The number of methoxy groups -OCH3 is 1. The van der Waals surface area contributed by atoms with Gasteiger partial charge < -0.3 is 9.84 Å². The molecule has 8 heteroatoms. The first-order valence-corrected chi connectivity index (χ1v) is 10.6. The average Bonchev–Trinajstić information content (AvgIpc) is 3.08. The number of nitrogens with zero attached hydrogens (tertiary/aromatic N) is 3. The van der Waals surface area contributed by atoms with Crippen molar-refractivity contribution in [1.29, 1.82) is 0 Å². The number of sulfone groups is 1. The highest BCUT2D eigenvalue weighted by atomic mass is 32.2. The van der Waals surface area contributed by atoms with E-state index in [1.165, 1.54) is 11.8 Å². The van der Waals surface area contributed by atoms with Crippen molar-refractivity contribution in [1.82, 2.24) is 15.0 Å². The molecule has 3 rings (SSSR count). The molecule has 0 aliphatic heterocycles. The van der Waals surface area contributed by atoms with E-state index >= 15 is 0 Å². The van der Waals surface area contributed by atoms with Gasteiger partial charge >= 0.3 is 0 Å². The quantitative estimate of drug-likeness (QED) is 0.688. The number of hydrogen-bond donors (Lipinski definition) is 1. The normalized spacial score (nSPS) is 12.2. The van der Waals surface area contributed by atoms with E-state index in [1.54, 1.807) is 37.3 Å². The number of aromatic nitrogens is 3. The van der Waals surface area contributed by atoms with Crippen LogP contribution in [0.5, 0.6) is 5.75 Å². The first kappa shape index (κ1) is 21.0. The van der Waals surface area contributed by atoms with Gasteiger partial charge in [0.25, 0.3) is 0 Å². The van der Waals surface area contributed by atoms with Crippen LogP contribution in [0, 0.1) is 6.92 Å². The SMILES string of the molecule is COc1ccc(CO)cc1-n1nnc(S(=O)(=O)c2ccc(C(C)(C)C)cc2)c1C. The molecule has 29 heavy (non-hydrogen) atoms. The molecule has 2 aromatic carbocycles. The Morgan fingerprint density at radius 3 is 2.31 bits per heavy atom. The molecule has 1 N–H and O–H groups in total.